The molecule has 9 nitrogen and oxygen atoms in total. The Hall–Kier alpha value is -4.14. The van der Waals surface area contributed by atoms with Crippen LogP contribution < -0.4 is 14.4 Å². The molecule has 1 aromatic heterocycles. The molecule has 0 saturated carbocycles. The number of hydrogen-bond acceptors (Lipinski definition) is 7. The summed E-state index contributed by atoms with van der Waals surface area (Å²) in [6.07, 6.45) is 0. The van der Waals surface area contributed by atoms with Crippen LogP contribution in [0.5, 0.6) is 11.5 Å². The highest BCUT2D eigenvalue weighted by Gasteiger charge is 2.26. The number of anilines is 1. The molecule has 0 spiro atoms. The second-order valence-electron chi connectivity index (χ2n) is 9.66. The summed E-state index contributed by atoms with van der Waals surface area (Å²) in [6.45, 7) is 7.10. The Morgan fingerprint density at radius 1 is 0.921 bits per heavy atom. The standard InChI is InChI=1S/C29H35N5O4/c1-21(2)19-34(29(36)22-8-6-5-7-9-22)20-28(35)33-16-14-32(15-17-33)27-13-12-25(30-31-27)24-11-10-23(37-3)18-26(24)38-4/h5-13,18,21H,14-17,19-20H2,1-4H3. The van der Waals surface area contributed by atoms with Gasteiger partial charge in [0.25, 0.3) is 5.91 Å². The number of carbonyl (C=O) groups is 2. The van der Waals surface area contributed by atoms with Crippen LogP contribution in [0.4, 0.5) is 5.82 Å². The van der Waals surface area contributed by atoms with E-state index in [0.717, 1.165) is 11.4 Å². The fourth-order valence-corrected chi connectivity index (χ4v) is 4.52. The maximum absolute atomic E-state index is 13.1. The molecule has 1 aliphatic rings. The predicted molar refractivity (Wildman–Crippen MR) is 147 cm³/mol. The monoisotopic (exact) mass is 517 g/mol. The lowest BCUT2D eigenvalue weighted by molar-refractivity contribution is -0.132. The van der Waals surface area contributed by atoms with Crippen LogP contribution in [-0.2, 0) is 4.79 Å². The minimum absolute atomic E-state index is 0.0392. The third-order valence-electron chi connectivity index (χ3n) is 6.51. The number of methoxy groups -OCH3 is 2. The van der Waals surface area contributed by atoms with E-state index in [-0.39, 0.29) is 24.3 Å². The molecule has 0 unspecified atom stereocenters. The van der Waals surface area contributed by atoms with Crippen LogP contribution in [-0.4, -0.2) is 85.3 Å². The first-order valence-electron chi connectivity index (χ1n) is 12.8. The fraction of sp³-hybridized carbons (Fsp3) is 0.379. The van der Waals surface area contributed by atoms with Gasteiger partial charge in [0.15, 0.2) is 5.82 Å². The van der Waals surface area contributed by atoms with Crippen LogP contribution in [0.3, 0.4) is 0 Å². The number of ether oxygens (including phenoxy) is 2. The molecule has 2 aromatic carbocycles. The maximum atomic E-state index is 13.1. The van der Waals surface area contributed by atoms with Gasteiger partial charge in [-0.15, -0.1) is 10.2 Å². The van der Waals surface area contributed by atoms with Crippen molar-refractivity contribution in [3.05, 3.63) is 66.2 Å². The van der Waals surface area contributed by atoms with Crippen molar-refractivity contribution in [3.8, 4) is 22.8 Å². The topological polar surface area (TPSA) is 88.1 Å². The van der Waals surface area contributed by atoms with Crippen molar-refractivity contribution in [3.63, 3.8) is 0 Å². The summed E-state index contributed by atoms with van der Waals surface area (Å²) < 4.78 is 10.8. The molecule has 0 aliphatic carbocycles. The van der Waals surface area contributed by atoms with Crippen molar-refractivity contribution < 1.29 is 19.1 Å². The Labute approximate surface area is 224 Å². The van der Waals surface area contributed by atoms with E-state index in [4.69, 9.17) is 9.47 Å². The highest BCUT2D eigenvalue weighted by molar-refractivity contribution is 5.96. The zero-order valence-electron chi connectivity index (χ0n) is 22.5. The van der Waals surface area contributed by atoms with Crippen LogP contribution in [0.1, 0.15) is 24.2 Å². The molecule has 0 radical (unpaired) electrons. The van der Waals surface area contributed by atoms with E-state index in [1.165, 1.54) is 0 Å². The molecule has 0 N–H and O–H groups in total. The number of aromatic nitrogens is 2. The van der Waals surface area contributed by atoms with Gasteiger partial charge in [0.1, 0.15) is 18.0 Å². The van der Waals surface area contributed by atoms with Gasteiger partial charge in [-0.25, -0.2) is 0 Å². The van der Waals surface area contributed by atoms with Crippen LogP contribution in [0, 0.1) is 5.92 Å². The summed E-state index contributed by atoms with van der Waals surface area (Å²) in [5.41, 5.74) is 2.13. The lowest BCUT2D eigenvalue weighted by Gasteiger charge is -2.36. The molecular weight excluding hydrogens is 482 g/mol. The molecule has 2 heterocycles. The highest BCUT2D eigenvalue weighted by atomic mass is 16.5. The summed E-state index contributed by atoms with van der Waals surface area (Å²) in [4.78, 5) is 31.8. The van der Waals surface area contributed by atoms with E-state index in [0.29, 0.717) is 55.5 Å². The van der Waals surface area contributed by atoms with Crippen LogP contribution in [0.2, 0.25) is 0 Å². The van der Waals surface area contributed by atoms with Gasteiger partial charge in [-0.3, -0.25) is 9.59 Å². The molecule has 3 aromatic rings. The molecular formula is C29H35N5O4. The van der Waals surface area contributed by atoms with Crippen molar-refractivity contribution in [2.45, 2.75) is 13.8 Å². The van der Waals surface area contributed by atoms with E-state index < -0.39 is 0 Å². The molecule has 4 rings (SSSR count). The second-order valence-corrected chi connectivity index (χ2v) is 9.66. The SMILES string of the molecule is COc1ccc(-c2ccc(N3CCN(C(=O)CN(CC(C)C)C(=O)c4ccccc4)CC3)nn2)c(OC)c1. The minimum atomic E-state index is -0.116. The largest absolute Gasteiger partial charge is 0.497 e. The van der Waals surface area contributed by atoms with Gasteiger partial charge in [0.2, 0.25) is 5.91 Å². The molecule has 1 fully saturated rings. The van der Waals surface area contributed by atoms with Crippen molar-refractivity contribution in [2.24, 2.45) is 5.92 Å². The first-order chi connectivity index (χ1) is 18.4. The lowest BCUT2D eigenvalue weighted by Crippen LogP contribution is -2.52. The molecule has 1 saturated heterocycles. The van der Waals surface area contributed by atoms with Gasteiger partial charge in [0.05, 0.1) is 19.9 Å². The van der Waals surface area contributed by atoms with E-state index in [2.05, 4.69) is 15.1 Å². The number of nitrogens with zero attached hydrogens (tertiary/aromatic N) is 5. The second kappa shape index (κ2) is 12.4. The van der Waals surface area contributed by atoms with Crippen molar-refractivity contribution in [1.29, 1.82) is 0 Å². The molecule has 2 amide bonds. The Balaban J connectivity index is 1.36. The number of rotatable bonds is 9. The summed E-state index contributed by atoms with van der Waals surface area (Å²) in [7, 11) is 3.22. The molecule has 38 heavy (non-hydrogen) atoms. The zero-order valence-corrected chi connectivity index (χ0v) is 22.5. The summed E-state index contributed by atoms with van der Waals surface area (Å²) in [5.74, 6) is 2.23. The Bertz CT molecular complexity index is 1230. The normalized spacial score (nSPS) is 13.4. The number of carbonyl (C=O) groups excluding carboxylic acids is 2. The van der Waals surface area contributed by atoms with Gasteiger partial charge in [-0.05, 0) is 42.3 Å². The molecule has 9 heteroatoms. The number of benzene rings is 2. The lowest BCUT2D eigenvalue weighted by atomic mass is 10.1. The number of hydrogen-bond donors (Lipinski definition) is 0. The average Bonchev–Trinajstić information content (AvgIpc) is 2.96. The first kappa shape index (κ1) is 26.9. The molecule has 200 valence electrons. The Morgan fingerprint density at radius 2 is 1.66 bits per heavy atom. The van der Waals surface area contributed by atoms with Gasteiger partial charge < -0.3 is 24.2 Å². The van der Waals surface area contributed by atoms with Gasteiger partial charge in [-0.1, -0.05) is 32.0 Å². The van der Waals surface area contributed by atoms with E-state index in [1.54, 1.807) is 31.3 Å². The molecule has 1 aliphatic heterocycles. The van der Waals surface area contributed by atoms with E-state index in [1.807, 2.05) is 67.3 Å². The quantitative estimate of drug-likeness (QED) is 0.429. The Kier molecular flexibility index (Phi) is 8.78. The predicted octanol–water partition coefficient (Wildman–Crippen LogP) is 3.61. The average molecular weight is 518 g/mol. The summed E-state index contributed by atoms with van der Waals surface area (Å²) in [6, 6.07) is 18.6. The first-order valence-corrected chi connectivity index (χ1v) is 12.8. The molecule has 0 atom stereocenters. The Morgan fingerprint density at radius 3 is 2.26 bits per heavy atom. The van der Waals surface area contributed by atoms with Crippen LogP contribution >= 0.6 is 0 Å². The zero-order chi connectivity index (χ0) is 27.1. The van der Waals surface area contributed by atoms with Gasteiger partial charge >= 0.3 is 0 Å². The number of amides is 2. The fourth-order valence-electron chi connectivity index (χ4n) is 4.52. The summed E-state index contributed by atoms with van der Waals surface area (Å²) in [5, 5.41) is 8.86. The third kappa shape index (κ3) is 6.40. The maximum Gasteiger partial charge on any atom is 0.254 e. The van der Waals surface area contributed by atoms with Gasteiger partial charge in [-0.2, -0.15) is 0 Å². The van der Waals surface area contributed by atoms with E-state index >= 15 is 0 Å². The van der Waals surface area contributed by atoms with Crippen LogP contribution in [0.25, 0.3) is 11.3 Å². The number of piperazine rings is 1. The third-order valence-corrected chi connectivity index (χ3v) is 6.51. The van der Waals surface area contributed by atoms with Gasteiger partial charge in [0, 0.05) is 49.9 Å². The van der Waals surface area contributed by atoms with E-state index in [9.17, 15) is 9.59 Å². The van der Waals surface area contributed by atoms with Crippen molar-refractivity contribution in [1.82, 2.24) is 20.0 Å². The smallest absolute Gasteiger partial charge is 0.254 e. The molecule has 0 bridgehead atoms. The summed E-state index contributed by atoms with van der Waals surface area (Å²) >= 11 is 0. The van der Waals surface area contributed by atoms with Crippen molar-refractivity contribution in [2.75, 3.05) is 58.4 Å². The minimum Gasteiger partial charge on any atom is -0.497 e. The highest BCUT2D eigenvalue weighted by Crippen LogP contribution is 2.32. The van der Waals surface area contributed by atoms with Crippen LogP contribution in [0.15, 0.2) is 60.7 Å². The van der Waals surface area contributed by atoms with Crippen molar-refractivity contribution >= 4 is 17.6 Å².